The molecule has 72 valence electrons. The number of rotatable bonds is 1. The third-order valence-corrected chi connectivity index (χ3v) is 2.34. The molecule has 0 saturated heterocycles. The van der Waals surface area contributed by atoms with Crippen molar-refractivity contribution in [3.05, 3.63) is 41.9 Å². The molecule has 0 aliphatic heterocycles. The highest BCUT2D eigenvalue weighted by molar-refractivity contribution is 5.91. The molecule has 1 unspecified atom stereocenters. The van der Waals surface area contributed by atoms with Gasteiger partial charge in [-0.3, -0.25) is 9.78 Å². The lowest BCUT2D eigenvalue weighted by Gasteiger charge is -2.18. The Hall–Kier alpha value is -1.64. The predicted molar refractivity (Wildman–Crippen MR) is 51.9 cm³/mol. The summed E-state index contributed by atoms with van der Waals surface area (Å²) in [6, 6.07) is 5.61. The second-order valence-corrected chi connectivity index (χ2v) is 3.46. The number of pyridine rings is 1. The van der Waals surface area contributed by atoms with Crippen LogP contribution in [0, 0.1) is 0 Å². The van der Waals surface area contributed by atoms with Crippen LogP contribution in [0.25, 0.3) is 0 Å². The molecule has 0 fully saturated rings. The number of ketones is 1. The van der Waals surface area contributed by atoms with Gasteiger partial charge in [0.1, 0.15) is 0 Å². The maximum atomic E-state index is 11.2. The van der Waals surface area contributed by atoms with Gasteiger partial charge in [-0.15, -0.1) is 0 Å². The van der Waals surface area contributed by atoms with Crippen molar-refractivity contribution in [1.82, 2.24) is 4.98 Å². The van der Waals surface area contributed by atoms with Crippen LogP contribution in [0.3, 0.4) is 0 Å². The number of hydrogen-bond donors (Lipinski definition) is 1. The van der Waals surface area contributed by atoms with Crippen LogP contribution in [-0.4, -0.2) is 15.9 Å². The Morgan fingerprint density at radius 2 is 2.21 bits per heavy atom. The van der Waals surface area contributed by atoms with Gasteiger partial charge in [0.25, 0.3) is 0 Å². The molecule has 0 bridgehead atoms. The first-order valence-electron chi connectivity index (χ1n) is 4.59. The lowest BCUT2D eigenvalue weighted by atomic mass is 9.89. The van der Waals surface area contributed by atoms with Crippen LogP contribution in [-0.2, 0) is 4.79 Å². The number of allylic oxidation sites excluding steroid dienone is 2. The van der Waals surface area contributed by atoms with Crippen LogP contribution in [0.1, 0.15) is 24.5 Å². The van der Waals surface area contributed by atoms with Crippen molar-refractivity contribution in [2.24, 2.45) is 0 Å². The van der Waals surface area contributed by atoms with Gasteiger partial charge in [0, 0.05) is 36.7 Å². The Labute approximate surface area is 82.1 Å². The van der Waals surface area contributed by atoms with E-state index in [1.807, 2.05) is 18.2 Å². The van der Waals surface area contributed by atoms with Gasteiger partial charge in [-0.05, 0) is 12.1 Å². The first-order valence-corrected chi connectivity index (χ1v) is 4.59. The highest BCUT2D eigenvalue weighted by Crippen LogP contribution is 2.28. The molecule has 1 aliphatic carbocycles. The molecule has 1 atom stereocenters. The van der Waals surface area contributed by atoms with Crippen molar-refractivity contribution in [3.8, 4) is 0 Å². The predicted octanol–water partition coefficient (Wildman–Crippen LogP) is 1.97. The normalized spacial score (nSPS) is 21.9. The van der Waals surface area contributed by atoms with Crippen molar-refractivity contribution in [2.75, 3.05) is 0 Å². The van der Waals surface area contributed by atoms with Crippen LogP contribution in [0.15, 0.2) is 36.2 Å². The summed E-state index contributed by atoms with van der Waals surface area (Å²) >= 11 is 0. The SMILES string of the molecule is O=C1C=C(O)CC(c2ccccn2)C1. The second-order valence-electron chi connectivity index (χ2n) is 3.46. The van der Waals surface area contributed by atoms with Crippen LogP contribution in [0.2, 0.25) is 0 Å². The lowest BCUT2D eigenvalue weighted by Crippen LogP contribution is -2.13. The van der Waals surface area contributed by atoms with E-state index >= 15 is 0 Å². The van der Waals surface area contributed by atoms with Crippen LogP contribution in [0.4, 0.5) is 0 Å². The lowest BCUT2D eigenvalue weighted by molar-refractivity contribution is -0.115. The third kappa shape index (κ3) is 1.82. The number of nitrogens with zero attached hydrogens (tertiary/aromatic N) is 1. The highest BCUT2D eigenvalue weighted by atomic mass is 16.3. The van der Waals surface area contributed by atoms with Crippen LogP contribution in [0.5, 0.6) is 0 Å². The molecule has 2 rings (SSSR count). The number of hydrogen-bond acceptors (Lipinski definition) is 3. The molecule has 1 aliphatic rings. The number of aromatic nitrogens is 1. The van der Waals surface area contributed by atoms with E-state index in [0.29, 0.717) is 12.8 Å². The van der Waals surface area contributed by atoms with E-state index in [1.165, 1.54) is 6.08 Å². The summed E-state index contributed by atoms with van der Waals surface area (Å²) in [5.41, 5.74) is 0.875. The summed E-state index contributed by atoms with van der Waals surface area (Å²) in [5, 5.41) is 9.32. The van der Waals surface area contributed by atoms with Crippen molar-refractivity contribution in [2.45, 2.75) is 18.8 Å². The Kier molecular flexibility index (Phi) is 2.31. The molecule has 0 amide bonds. The molecule has 1 N–H and O–H groups in total. The highest BCUT2D eigenvalue weighted by Gasteiger charge is 2.22. The largest absolute Gasteiger partial charge is 0.512 e. The van der Waals surface area contributed by atoms with E-state index in [4.69, 9.17) is 0 Å². The first kappa shape index (κ1) is 8.94. The Balaban J connectivity index is 2.22. The average Bonchev–Trinajstić information content (AvgIpc) is 2.18. The average molecular weight is 189 g/mol. The van der Waals surface area contributed by atoms with E-state index in [1.54, 1.807) is 6.20 Å². The maximum Gasteiger partial charge on any atom is 0.159 e. The van der Waals surface area contributed by atoms with Crippen LogP contribution >= 0.6 is 0 Å². The molecule has 0 radical (unpaired) electrons. The quantitative estimate of drug-likeness (QED) is 0.734. The zero-order valence-corrected chi connectivity index (χ0v) is 7.68. The van der Waals surface area contributed by atoms with E-state index in [9.17, 15) is 9.90 Å². The van der Waals surface area contributed by atoms with E-state index in [0.717, 1.165) is 5.69 Å². The van der Waals surface area contributed by atoms with Gasteiger partial charge in [-0.2, -0.15) is 0 Å². The fourth-order valence-electron chi connectivity index (χ4n) is 1.70. The maximum absolute atomic E-state index is 11.2. The minimum absolute atomic E-state index is 0.0237. The molecule has 0 saturated carbocycles. The molecule has 1 aromatic heterocycles. The van der Waals surface area contributed by atoms with Gasteiger partial charge < -0.3 is 5.11 Å². The summed E-state index contributed by atoms with van der Waals surface area (Å²) in [6.45, 7) is 0. The van der Waals surface area contributed by atoms with Gasteiger partial charge in [-0.1, -0.05) is 6.07 Å². The standard InChI is InChI=1S/C11H11NO2/c13-9-5-8(6-10(14)7-9)11-3-1-2-4-12-11/h1-4,7-8,13H,5-6H2. The minimum atomic E-state index is -0.0237. The summed E-state index contributed by atoms with van der Waals surface area (Å²) in [7, 11) is 0. The van der Waals surface area contributed by atoms with E-state index in [2.05, 4.69) is 4.98 Å². The van der Waals surface area contributed by atoms with Gasteiger partial charge >= 0.3 is 0 Å². The van der Waals surface area contributed by atoms with E-state index < -0.39 is 0 Å². The molecule has 0 spiro atoms. The second kappa shape index (κ2) is 3.62. The zero-order valence-electron chi connectivity index (χ0n) is 7.68. The van der Waals surface area contributed by atoms with Gasteiger partial charge in [0.15, 0.2) is 5.78 Å². The molecular weight excluding hydrogens is 178 g/mol. The van der Waals surface area contributed by atoms with Crippen molar-refractivity contribution in [3.63, 3.8) is 0 Å². The fourth-order valence-corrected chi connectivity index (χ4v) is 1.70. The number of carbonyl (C=O) groups excluding carboxylic acids is 1. The number of aliphatic hydroxyl groups is 1. The summed E-state index contributed by atoms with van der Waals surface area (Å²) in [5.74, 6) is 0.176. The van der Waals surface area contributed by atoms with Crippen LogP contribution < -0.4 is 0 Å². The zero-order chi connectivity index (χ0) is 9.97. The molecular formula is C11H11NO2. The minimum Gasteiger partial charge on any atom is -0.512 e. The monoisotopic (exact) mass is 189 g/mol. The van der Waals surface area contributed by atoms with Crippen molar-refractivity contribution < 1.29 is 9.90 Å². The molecule has 3 heteroatoms. The Morgan fingerprint density at radius 3 is 2.86 bits per heavy atom. The Morgan fingerprint density at radius 1 is 1.36 bits per heavy atom. The summed E-state index contributed by atoms with van der Waals surface area (Å²) in [6.07, 6.45) is 3.97. The third-order valence-electron chi connectivity index (χ3n) is 2.34. The Bertz CT molecular complexity index is 370. The fraction of sp³-hybridized carbons (Fsp3) is 0.273. The molecule has 14 heavy (non-hydrogen) atoms. The molecule has 3 nitrogen and oxygen atoms in total. The van der Waals surface area contributed by atoms with Crippen molar-refractivity contribution >= 4 is 5.78 Å². The van der Waals surface area contributed by atoms with Gasteiger partial charge in [0.2, 0.25) is 0 Å². The number of aliphatic hydroxyl groups excluding tert-OH is 1. The molecule has 1 heterocycles. The topological polar surface area (TPSA) is 50.2 Å². The smallest absolute Gasteiger partial charge is 0.159 e. The van der Waals surface area contributed by atoms with Crippen molar-refractivity contribution in [1.29, 1.82) is 0 Å². The summed E-state index contributed by atoms with van der Waals surface area (Å²) in [4.78, 5) is 15.4. The summed E-state index contributed by atoms with van der Waals surface area (Å²) < 4.78 is 0. The van der Waals surface area contributed by atoms with Gasteiger partial charge in [0.05, 0.1) is 5.76 Å². The van der Waals surface area contributed by atoms with E-state index in [-0.39, 0.29) is 17.5 Å². The van der Waals surface area contributed by atoms with Gasteiger partial charge in [-0.25, -0.2) is 0 Å². The molecule has 0 aromatic carbocycles. The molecule has 1 aromatic rings. The number of carbonyl (C=O) groups is 1. The first-order chi connectivity index (χ1) is 6.75.